The minimum absolute atomic E-state index is 0.156. The molecule has 1 fully saturated rings. The lowest BCUT2D eigenvalue weighted by molar-refractivity contribution is -0.123. The Balaban J connectivity index is 1.88. The summed E-state index contributed by atoms with van der Waals surface area (Å²) in [5.41, 5.74) is -0.271. The number of rotatable bonds is 4. The molecule has 0 aliphatic heterocycles. The van der Waals surface area contributed by atoms with Crippen LogP contribution < -0.4 is 5.32 Å². The van der Waals surface area contributed by atoms with Gasteiger partial charge in [-0.1, -0.05) is 0 Å². The smallest absolute Gasteiger partial charge is 0.226 e. The minimum Gasteiger partial charge on any atom is -0.384 e. The largest absolute Gasteiger partial charge is 0.384 e. The van der Waals surface area contributed by atoms with E-state index in [1.165, 1.54) is 11.3 Å². The number of amides is 1. The van der Waals surface area contributed by atoms with E-state index in [-0.39, 0.29) is 18.4 Å². The Morgan fingerprint density at radius 1 is 1.76 bits per heavy atom. The van der Waals surface area contributed by atoms with Gasteiger partial charge in [0.05, 0.1) is 12.5 Å². The summed E-state index contributed by atoms with van der Waals surface area (Å²) in [6.07, 6.45) is 0.475. The maximum Gasteiger partial charge on any atom is 0.226 e. The molecule has 1 aromatic rings. The monoisotopic (exact) mass is 293 g/mol. The van der Waals surface area contributed by atoms with Gasteiger partial charge in [-0.3, -0.25) is 4.79 Å². The fraction of sp³-hybridized carbons (Fsp3) is 0.545. The molecule has 1 aromatic heterocycles. The quantitative estimate of drug-likeness (QED) is 0.837. The molecule has 3 nitrogen and oxygen atoms in total. The van der Waals surface area contributed by atoms with Crippen LogP contribution in [0.5, 0.6) is 0 Å². The van der Waals surface area contributed by atoms with E-state index in [4.69, 9.17) is 23.2 Å². The third kappa shape index (κ3) is 2.94. The summed E-state index contributed by atoms with van der Waals surface area (Å²) in [5.74, 6) is -0.561. The number of halogens is 2. The second-order valence-corrected chi connectivity index (χ2v) is 6.84. The van der Waals surface area contributed by atoms with E-state index in [9.17, 15) is 9.90 Å². The SMILES string of the molecule is C[C@](O)(CNC(=O)[C@@H]1CC1(Cl)Cl)c1ccsc1. The third-order valence-corrected chi connectivity index (χ3v) is 4.41. The molecule has 1 heterocycles. The van der Waals surface area contributed by atoms with Gasteiger partial charge in [-0.25, -0.2) is 0 Å². The number of hydrogen-bond donors (Lipinski definition) is 2. The Kier molecular flexibility index (Phi) is 3.42. The summed E-state index contributed by atoms with van der Waals surface area (Å²) in [7, 11) is 0. The Labute approximate surface area is 114 Å². The number of hydrogen-bond acceptors (Lipinski definition) is 3. The van der Waals surface area contributed by atoms with Gasteiger partial charge in [0.1, 0.15) is 9.93 Å². The molecule has 17 heavy (non-hydrogen) atoms. The first-order valence-corrected chi connectivity index (χ1v) is 6.93. The number of thiophene rings is 1. The zero-order valence-corrected chi connectivity index (χ0v) is 11.6. The fourth-order valence-electron chi connectivity index (χ4n) is 1.55. The predicted molar refractivity (Wildman–Crippen MR) is 69.4 cm³/mol. The van der Waals surface area contributed by atoms with Crippen molar-refractivity contribution in [3.63, 3.8) is 0 Å². The lowest BCUT2D eigenvalue weighted by Gasteiger charge is -2.22. The minimum atomic E-state index is -1.06. The number of alkyl halides is 2. The van der Waals surface area contributed by atoms with Crippen LogP contribution in [0.3, 0.4) is 0 Å². The molecule has 2 atom stereocenters. The molecule has 0 saturated heterocycles. The van der Waals surface area contributed by atoms with Crippen molar-refractivity contribution in [1.82, 2.24) is 5.32 Å². The third-order valence-electron chi connectivity index (χ3n) is 2.89. The first kappa shape index (κ1) is 13.1. The van der Waals surface area contributed by atoms with Crippen molar-refractivity contribution in [2.24, 2.45) is 5.92 Å². The first-order chi connectivity index (χ1) is 7.83. The van der Waals surface area contributed by atoms with Crippen LogP contribution >= 0.6 is 34.5 Å². The van der Waals surface area contributed by atoms with E-state index in [2.05, 4.69) is 5.32 Å². The zero-order chi connectivity index (χ0) is 12.7. The fourth-order valence-corrected chi connectivity index (χ4v) is 2.84. The highest BCUT2D eigenvalue weighted by Gasteiger charge is 2.56. The normalized spacial score (nSPS) is 25.1. The van der Waals surface area contributed by atoms with E-state index in [1.54, 1.807) is 6.92 Å². The van der Waals surface area contributed by atoms with E-state index in [0.717, 1.165) is 5.56 Å². The molecule has 0 radical (unpaired) electrons. The summed E-state index contributed by atoms with van der Waals surface area (Å²) in [6.45, 7) is 1.82. The van der Waals surface area contributed by atoms with Crippen molar-refractivity contribution in [2.75, 3.05) is 6.54 Å². The van der Waals surface area contributed by atoms with Gasteiger partial charge < -0.3 is 10.4 Å². The molecule has 1 saturated carbocycles. The van der Waals surface area contributed by atoms with Crippen LogP contribution in [0.2, 0.25) is 0 Å². The molecule has 2 N–H and O–H groups in total. The van der Waals surface area contributed by atoms with Crippen molar-refractivity contribution >= 4 is 40.4 Å². The average Bonchev–Trinajstić information content (AvgIpc) is 2.73. The second-order valence-electron chi connectivity index (χ2n) is 4.52. The molecule has 0 spiro atoms. The molecular weight excluding hydrogens is 281 g/mol. The zero-order valence-electron chi connectivity index (χ0n) is 9.24. The highest BCUT2D eigenvalue weighted by Crippen LogP contribution is 2.53. The Morgan fingerprint density at radius 3 is 2.88 bits per heavy atom. The highest BCUT2D eigenvalue weighted by molar-refractivity contribution is 7.08. The highest BCUT2D eigenvalue weighted by atomic mass is 35.5. The Bertz CT molecular complexity index is 417. The Morgan fingerprint density at radius 2 is 2.41 bits per heavy atom. The van der Waals surface area contributed by atoms with Crippen LogP contribution in [0.15, 0.2) is 16.8 Å². The lowest BCUT2D eigenvalue weighted by Crippen LogP contribution is -2.39. The van der Waals surface area contributed by atoms with Gasteiger partial charge in [0, 0.05) is 0 Å². The van der Waals surface area contributed by atoms with E-state index in [1.807, 2.05) is 16.8 Å². The average molecular weight is 294 g/mol. The molecule has 1 amide bonds. The van der Waals surface area contributed by atoms with Crippen LogP contribution in [-0.2, 0) is 10.4 Å². The first-order valence-electron chi connectivity index (χ1n) is 5.23. The van der Waals surface area contributed by atoms with Crippen molar-refractivity contribution in [2.45, 2.75) is 23.3 Å². The van der Waals surface area contributed by atoms with E-state index < -0.39 is 9.93 Å². The van der Waals surface area contributed by atoms with Gasteiger partial charge in [0.25, 0.3) is 0 Å². The molecule has 2 rings (SSSR count). The lowest BCUT2D eigenvalue weighted by atomic mass is 9.99. The molecule has 6 heteroatoms. The summed E-state index contributed by atoms with van der Waals surface area (Å²) in [5, 5.41) is 16.6. The van der Waals surface area contributed by atoms with E-state index in [0.29, 0.717) is 6.42 Å². The maximum atomic E-state index is 11.6. The van der Waals surface area contributed by atoms with Gasteiger partial charge >= 0.3 is 0 Å². The molecular formula is C11H13Cl2NO2S. The van der Waals surface area contributed by atoms with Gasteiger partial charge in [0.2, 0.25) is 5.91 Å². The molecule has 1 aliphatic carbocycles. The van der Waals surface area contributed by atoms with Crippen LogP contribution in [0, 0.1) is 5.92 Å². The van der Waals surface area contributed by atoms with E-state index >= 15 is 0 Å². The van der Waals surface area contributed by atoms with Gasteiger partial charge in [-0.2, -0.15) is 11.3 Å². The molecule has 1 aliphatic rings. The summed E-state index contributed by atoms with van der Waals surface area (Å²) in [6, 6.07) is 1.83. The van der Waals surface area contributed by atoms with Gasteiger partial charge in [-0.05, 0) is 35.7 Å². The second kappa shape index (κ2) is 4.43. The maximum absolute atomic E-state index is 11.6. The standard InChI is InChI=1S/C11H13Cl2NO2S/c1-10(16,7-2-3-17-5-7)6-14-9(15)8-4-11(8,12)13/h2-3,5,8,16H,4,6H2,1H3,(H,14,15)/t8-,10-/m0/s1. The molecule has 0 aromatic carbocycles. The summed E-state index contributed by atoms with van der Waals surface area (Å²) >= 11 is 13.1. The topological polar surface area (TPSA) is 49.3 Å². The van der Waals surface area contributed by atoms with Crippen molar-refractivity contribution < 1.29 is 9.90 Å². The van der Waals surface area contributed by atoms with Crippen LogP contribution in [0.4, 0.5) is 0 Å². The van der Waals surface area contributed by atoms with Gasteiger partial charge in [-0.15, -0.1) is 23.2 Å². The van der Waals surface area contributed by atoms with Crippen LogP contribution in [0.25, 0.3) is 0 Å². The molecule has 94 valence electrons. The number of carbonyl (C=O) groups excluding carboxylic acids is 1. The van der Waals surface area contributed by atoms with Crippen molar-refractivity contribution in [1.29, 1.82) is 0 Å². The van der Waals surface area contributed by atoms with Gasteiger partial charge in [0.15, 0.2) is 0 Å². The van der Waals surface area contributed by atoms with Crippen LogP contribution in [-0.4, -0.2) is 21.9 Å². The van der Waals surface area contributed by atoms with Crippen molar-refractivity contribution in [3.8, 4) is 0 Å². The Hall–Kier alpha value is -0.290. The summed E-state index contributed by atoms with van der Waals surface area (Å²) < 4.78 is -0.918. The number of nitrogens with one attached hydrogen (secondary N) is 1. The van der Waals surface area contributed by atoms with Crippen molar-refractivity contribution in [3.05, 3.63) is 22.4 Å². The predicted octanol–water partition coefficient (Wildman–Crippen LogP) is 2.27. The number of aliphatic hydroxyl groups is 1. The number of carbonyl (C=O) groups is 1. The molecule has 0 bridgehead atoms. The summed E-state index contributed by atoms with van der Waals surface area (Å²) in [4.78, 5) is 11.6. The molecule has 0 unspecified atom stereocenters. The van der Waals surface area contributed by atoms with Crippen LogP contribution in [0.1, 0.15) is 18.9 Å².